The molecule has 0 aliphatic carbocycles. The molecule has 0 unspecified atom stereocenters. The lowest BCUT2D eigenvalue weighted by molar-refractivity contribution is -0.130. The van der Waals surface area contributed by atoms with E-state index in [1.807, 2.05) is 0 Å². The molecule has 134 valence electrons. The van der Waals surface area contributed by atoms with Gasteiger partial charge in [-0.05, 0) is 42.0 Å². The Hall–Kier alpha value is -2.73. The molecule has 2 aromatic carbocycles. The second-order valence-corrected chi connectivity index (χ2v) is 6.33. The van der Waals surface area contributed by atoms with Crippen LogP contribution in [0.25, 0.3) is 11.4 Å². The van der Waals surface area contributed by atoms with Gasteiger partial charge in [0, 0.05) is 37.0 Å². The molecule has 0 N–H and O–H groups in total. The van der Waals surface area contributed by atoms with Crippen LogP contribution in [0, 0.1) is 5.82 Å². The molecular weight excluding hydrogens is 357 g/mol. The number of amides is 1. The first-order valence-electron chi connectivity index (χ1n) is 8.08. The molecule has 0 radical (unpaired) electrons. The maximum Gasteiger partial charge on any atom is 0.227 e. The number of nitrogens with zero attached hydrogens (tertiary/aromatic N) is 3. The third-order valence-corrected chi connectivity index (χ3v) is 4.11. The molecule has 5 nitrogen and oxygen atoms in total. The van der Waals surface area contributed by atoms with Gasteiger partial charge in [-0.3, -0.25) is 4.79 Å². The quantitative estimate of drug-likeness (QED) is 0.652. The fourth-order valence-electron chi connectivity index (χ4n) is 2.47. The summed E-state index contributed by atoms with van der Waals surface area (Å²) in [6.07, 6.45) is 0.570. The Morgan fingerprint density at radius 1 is 1.23 bits per heavy atom. The van der Waals surface area contributed by atoms with Crippen molar-refractivity contribution in [3.05, 3.63) is 70.8 Å². The van der Waals surface area contributed by atoms with Crippen molar-refractivity contribution in [2.75, 3.05) is 7.05 Å². The van der Waals surface area contributed by atoms with Gasteiger partial charge in [-0.2, -0.15) is 4.98 Å². The van der Waals surface area contributed by atoms with Crippen LogP contribution in [0.1, 0.15) is 17.9 Å². The fourth-order valence-corrected chi connectivity index (χ4v) is 2.60. The third kappa shape index (κ3) is 4.67. The van der Waals surface area contributed by atoms with Crippen molar-refractivity contribution in [1.82, 2.24) is 15.0 Å². The fraction of sp³-hybridized carbons (Fsp3) is 0.211. The van der Waals surface area contributed by atoms with Gasteiger partial charge in [-0.25, -0.2) is 4.39 Å². The predicted molar refractivity (Wildman–Crippen MR) is 95.9 cm³/mol. The van der Waals surface area contributed by atoms with Crippen molar-refractivity contribution in [3.8, 4) is 11.4 Å². The first-order chi connectivity index (χ1) is 12.5. The van der Waals surface area contributed by atoms with Crippen LogP contribution in [-0.2, 0) is 17.8 Å². The average molecular weight is 374 g/mol. The SMILES string of the molecule is CN(Cc1cccc(F)c1)C(=O)CCc1nc(-c2ccc(Cl)cc2)no1. The monoisotopic (exact) mass is 373 g/mol. The summed E-state index contributed by atoms with van der Waals surface area (Å²) >= 11 is 5.86. The summed E-state index contributed by atoms with van der Waals surface area (Å²) in [5.41, 5.74) is 1.53. The van der Waals surface area contributed by atoms with E-state index in [0.29, 0.717) is 29.7 Å². The van der Waals surface area contributed by atoms with Crippen LogP contribution in [0.15, 0.2) is 53.1 Å². The Morgan fingerprint density at radius 2 is 2.00 bits per heavy atom. The van der Waals surface area contributed by atoms with E-state index in [9.17, 15) is 9.18 Å². The van der Waals surface area contributed by atoms with Crippen LogP contribution in [0.4, 0.5) is 4.39 Å². The molecule has 7 heteroatoms. The number of aromatic nitrogens is 2. The van der Waals surface area contributed by atoms with Gasteiger partial charge in [-0.15, -0.1) is 0 Å². The summed E-state index contributed by atoms with van der Waals surface area (Å²) in [4.78, 5) is 18.1. The Bertz CT molecular complexity index is 896. The average Bonchev–Trinajstić information content (AvgIpc) is 3.09. The van der Waals surface area contributed by atoms with E-state index >= 15 is 0 Å². The summed E-state index contributed by atoms with van der Waals surface area (Å²) < 4.78 is 18.4. The molecule has 0 atom stereocenters. The molecule has 0 saturated carbocycles. The highest BCUT2D eigenvalue weighted by molar-refractivity contribution is 6.30. The number of carbonyl (C=O) groups is 1. The smallest absolute Gasteiger partial charge is 0.227 e. The van der Waals surface area contributed by atoms with E-state index in [1.165, 1.54) is 12.1 Å². The molecule has 0 bridgehead atoms. The van der Waals surface area contributed by atoms with Gasteiger partial charge in [0.2, 0.25) is 17.6 Å². The predicted octanol–water partition coefficient (Wildman–Crippen LogP) is 4.12. The van der Waals surface area contributed by atoms with E-state index in [0.717, 1.165) is 11.1 Å². The Balaban J connectivity index is 1.55. The van der Waals surface area contributed by atoms with Gasteiger partial charge in [0.25, 0.3) is 0 Å². The molecule has 0 aliphatic rings. The molecule has 1 amide bonds. The van der Waals surface area contributed by atoms with Crippen LogP contribution in [0.3, 0.4) is 0 Å². The van der Waals surface area contributed by atoms with Gasteiger partial charge in [0.15, 0.2) is 0 Å². The molecule has 0 spiro atoms. The summed E-state index contributed by atoms with van der Waals surface area (Å²) in [5, 5.41) is 4.55. The minimum Gasteiger partial charge on any atom is -0.341 e. The number of halogens is 2. The normalized spacial score (nSPS) is 10.7. The van der Waals surface area contributed by atoms with Crippen LogP contribution < -0.4 is 0 Å². The minimum atomic E-state index is -0.316. The number of hydrogen-bond acceptors (Lipinski definition) is 4. The molecule has 0 fully saturated rings. The van der Waals surface area contributed by atoms with Gasteiger partial charge < -0.3 is 9.42 Å². The number of benzene rings is 2. The molecule has 1 heterocycles. The van der Waals surface area contributed by atoms with Crippen molar-refractivity contribution >= 4 is 17.5 Å². The van der Waals surface area contributed by atoms with Crippen LogP contribution in [0.5, 0.6) is 0 Å². The molecule has 0 aliphatic heterocycles. The zero-order valence-corrected chi connectivity index (χ0v) is 14.9. The van der Waals surface area contributed by atoms with Gasteiger partial charge >= 0.3 is 0 Å². The maximum atomic E-state index is 13.2. The first kappa shape index (κ1) is 18.1. The van der Waals surface area contributed by atoms with E-state index in [-0.39, 0.29) is 18.1 Å². The molecule has 3 rings (SSSR count). The van der Waals surface area contributed by atoms with Crippen LogP contribution in [-0.4, -0.2) is 28.0 Å². The number of aryl methyl sites for hydroxylation is 1. The summed E-state index contributed by atoms with van der Waals surface area (Å²) in [6, 6.07) is 13.3. The highest BCUT2D eigenvalue weighted by atomic mass is 35.5. The van der Waals surface area contributed by atoms with Crippen molar-refractivity contribution in [2.24, 2.45) is 0 Å². The summed E-state index contributed by atoms with van der Waals surface area (Å²) in [7, 11) is 1.68. The van der Waals surface area contributed by atoms with Crippen LogP contribution in [0.2, 0.25) is 5.02 Å². The highest BCUT2D eigenvalue weighted by Crippen LogP contribution is 2.19. The van der Waals surface area contributed by atoms with E-state index in [2.05, 4.69) is 10.1 Å². The Labute approximate surface area is 155 Å². The minimum absolute atomic E-state index is 0.0829. The second-order valence-electron chi connectivity index (χ2n) is 5.90. The lowest BCUT2D eigenvalue weighted by Gasteiger charge is -2.16. The molecular formula is C19H17ClFN3O2. The van der Waals surface area contributed by atoms with Crippen LogP contribution >= 0.6 is 11.6 Å². The van der Waals surface area contributed by atoms with Crippen molar-refractivity contribution in [2.45, 2.75) is 19.4 Å². The highest BCUT2D eigenvalue weighted by Gasteiger charge is 2.14. The van der Waals surface area contributed by atoms with E-state index in [4.69, 9.17) is 16.1 Å². The largest absolute Gasteiger partial charge is 0.341 e. The summed E-state index contributed by atoms with van der Waals surface area (Å²) in [5.74, 6) is 0.448. The van der Waals surface area contributed by atoms with E-state index in [1.54, 1.807) is 48.3 Å². The maximum absolute atomic E-state index is 13.2. The second kappa shape index (κ2) is 8.10. The molecule has 0 saturated heterocycles. The third-order valence-electron chi connectivity index (χ3n) is 3.86. The van der Waals surface area contributed by atoms with Gasteiger partial charge in [-0.1, -0.05) is 28.9 Å². The van der Waals surface area contributed by atoms with Crippen molar-refractivity contribution in [3.63, 3.8) is 0 Å². The van der Waals surface area contributed by atoms with Gasteiger partial charge in [0.1, 0.15) is 5.82 Å². The molecule has 3 aromatic rings. The molecule has 26 heavy (non-hydrogen) atoms. The number of rotatable bonds is 6. The van der Waals surface area contributed by atoms with E-state index < -0.39 is 0 Å². The lowest BCUT2D eigenvalue weighted by Crippen LogP contribution is -2.26. The Morgan fingerprint density at radius 3 is 2.73 bits per heavy atom. The number of carbonyl (C=O) groups excluding carboxylic acids is 1. The summed E-state index contributed by atoms with van der Waals surface area (Å²) in [6.45, 7) is 0.344. The van der Waals surface area contributed by atoms with Crippen molar-refractivity contribution < 1.29 is 13.7 Å². The number of hydrogen-bond donors (Lipinski definition) is 0. The zero-order chi connectivity index (χ0) is 18.5. The van der Waals surface area contributed by atoms with Crippen molar-refractivity contribution in [1.29, 1.82) is 0 Å². The Kier molecular flexibility index (Phi) is 5.63. The standard InChI is InChI=1S/C19H17ClFN3O2/c1-24(12-13-3-2-4-16(21)11-13)18(25)10-9-17-22-19(23-26-17)14-5-7-15(20)8-6-14/h2-8,11H,9-10,12H2,1H3. The zero-order valence-electron chi connectivity index (χ0n) is 14.2. The topological polar surface area (TPSA) is 59.2 Å². The lowest BCUT2D eigenvalue weighted by atomic mass is 10.2. The molecule has 1 aromatic heterocycles. The van der Waals surface area contributed by atoms with Gasteiger partial charge in [0.05, 0.1) is 0 Å². The first-order valence-corrected chi connectivity index (χ1v) is 8.46.